The van der Waals surface area contributed by atoms with Crippen molar-refractivity contribution in [3.05, 3.63) is 66.3 Å². The number of alkyl carbamates (subject to hydrolysis) is 1. The fourth-order valence-corrected chi connectivity index (χ4v) is 8.19. The summed E-state index contributed by atoms with van der Waals surface area (Å²) in [6.45, 7) is 9.49. The van der Waals surface area contributed by atoms with Crippen LogP contribution in [0, 0.1) is 23.6 Å². The van der Waals surface area contributed by atoms with Gasteiger partial charge in [-0.3, -0.25) is 9.59 Å². The number of fused-ring (bicyclic) bond motifs is 5. The van der Waals surface area contributed by atoms with Gasteiger partial charge < -0.3 is 44.9 Å². The number of benzene rings is 2. The zero-order valence-corrected chi connectivity index (χ0v) is 36.2. The van der Waals surface area contributed by atoms with Gasteiger partial charge in [0.05, 0.1) is 73.8 Å². The van der Waals surface area contributed by atoms with Crippen LogP contribution in [-0.4, -0.2) is 96.3 Å². The standard InChI is InChI=1S/C44H52F5N9O5/c1-21(2)36(50)39(59)57-20-44(48,49)15-33(57)38-52-17-30(54-38)26-14-34-27(13-28(26)45)32-12-25-11-24(9-10-31(25)58(32)41(63-34)23(5)6)29-16-51-35(53-29)18-56(19-43(7,46)47)40(60)37(22(3)4)55-42(61)62-8/h9-14,16-17,21-23,33,36-37,41H,15,18-20,50H2,1-8H3,(H,51,53)(H,52,54)(H,55,61). The summed E-state index contributed by atoms with van der Waals surface area (Å²) in [6, 6.07) is 7.27. The molecule has 0 spiro atoms. The van der Waals surface area contributed by atoms with E-state index in [4.69, 9.17) is 10.5 Å². The summed E-state index contributed by atoms with van der Waals surface area (Å²) in [7, 11) is 1.14. The zero-order chi connectivity index (χ0) is 45.9. The Labute approximate surface area is 360 Å². The van der Waals surface area contributed by atoms with Crippen LogP contribution < -0.4 is 15.8 Å². The predicted molar refractivity (Wildman–Crippen MR) is 224 cm³/mol. The van der Waals surface area contributed by atoms with Crippen LogP contribution in [0.25, 0.3) is 44.7 Å². The first-order chi connectivity index (χ1) is 29.5. The van der Waals surface area contributed by atoms with Gasteiger partial charge in [0.1, 0.15) is 29.3 Å². The number of likely N-dealkylation sites (tertiary alicyclic amines) is 1. The fraction of sp³-hybridized carbons (Fsp3) is 0.477. The molecule has 19 heteroatoms. The molecule has 14 nitrogen and oxygen atoms in total. The number of rotatable bonds is 13. The lowest BCUT2D eigenvalue weighted by Gasteiger charge is -2.32. The minimum Gasteiger partial charge on any atom is -0.469 e. The number of hydrogen-bond donors (Lipinski definition) is 4. The Balaban J connectivity index is 1.18. The second-order valence-corrected chi connectivity index (χ2v) is 17.6. The van der Waals surface area contributed by atoms with E-state index < -0.39 is 85.4 Å². The fourth-order valence-electron chi connectivity index (χ4n) is 8.19. The smallest absolute Gasteiger partial charge is 0.407 e. The number of methoxy groups -OCH3 is 1. The summed E-state index contributed by atoms with van der Waals surface area (Å²) in [4.78, 5) is 55.5. The van der Waals surface area contributed by atoms with E-state index in [1.165, 1.54) is 18.5 Å². The predicted octanol–water partition coefficient (Wildman–Crippen LogP) is 8.03. The van der Waals surface area contributed by atoms with Gasteiger partial charge in [-0.2, -0.15) is 0 Å². The van der Waals surface area contributed by atoms with Crippen LogP contribution in [0.15, 0.2) is 48.8 Å². The summed E-state index contributed by atoms with van der Waals surface area (Å²) >= 11 is 0. The van der Waals surface area contributed by atoms with Crippen LogP contribution in [0.1, 0.15) is 78.8 Å². The number of H-pyrrole nitrogens is 2. The van der Waals surface area contributed by atoms with E-state index in [0.717, 1.165) is 27.8 Å². The molecule has 1 fully saturated rings. The molecular weight excluding hydrogens is 830 g/mol. The number of imidazole rings is 2. The second-order valence-electron chi connectivity index (χ2n) is 17.6. The largest absolute Gasteiger partial charge is 0.469 e. The van der Waals surface area contributed by atoms with Crippen molar-refractivity contribution in [2.24, 2.45) is 23.5 Å². The normalized spacial score (nSPS) is 18.1. The molecule has 0 aliphatic carbocycles. The summed E-state index contributed by atoms with van der Waals surface area (Å²) in [5.41, 5.74) is 9.57. The number of carbonyl (C=O) groups excluding carboxylic acids is 3. The van der Waals surface area contributed by atoms with Crippen molar-refractivity contribution >= 4 is 28.8 Å². The quantitative estimate of drug-likeness (QED) is 0.0860. The molecule has 4 atom stereocenters. The molecule has 2 aliphatic heterocycles. The SMILES string of the molecule is COC(=O)NC(C(=O)N(Cc1ncc(-c2ccc3c(c2)cc2n3C(C(C)C)Oc3cc(-c4cnc(C5CC(F)(F)CN5C(=O)C(N)C(C)C)[nH]4)c(F)cc3-2)[nH]1)CC(C)(F)F)C(C)C. The molecule has 2 aromatic carbocycles. The average molecular weight is 882 g/mol. The summed E-state index contributed by atoms with van der Waals surface area (Å²) in [6.07, 6.45) is 0.845. The molecule has 1 saturated heterocycles. The highest BCUT2D eigenvalue weighted by Crippen LogP contribution is 2.47. The highest BCUT2D eigenvalue weighted by molar-refractivity contribution is 5.92. The Morgan fingerprint density at radius 1 is 1.02 bits per heavy atom. The second kappa shape index (κ2) is 17.0. The summed E-state index contributed by atoms with van der Waals surface area (Å²) < 4.78 is 87.7. The number of nitrogens with zero attached hydrogens (tertiary/aromatic N) is 5. The van der Waals surface area contributed by atoms with Crippen LogP contribution in [-0.2, 0) is 20.9 Å². The van der Waals surface area contributed by atoms with E-state index in [9.17, 15) is 31.9 Å². The third-order valence-corrected chi connectivity index (χ3v) is 11.5. The number of nitrogens with two attached hydrogens (primary N) is 1. The Morgan fingerprint density at radius 2 is 1.73 bits per heavy atom. The maximum absolute atomic E-state index is 16.2. The van der Waals surface area contributed by atoms with Crippen molar-refractivity contribution in [1.29, 1.82) is 0 Å². The number of amides is 3. The lowest BCUT2D eigenvalue weighted by atomic mass is 10.0. The first-order valence-corrected chi connectivity index (χ1v) is 20.8. The van der Waals surface area contributed by atoms with E-state index in [2.05, 4.69) is 30.0 Å². The van der Waals surface area contributed by atoms with Crippen LogP contribution in [0.5, 0.6) is 5.75 Å². The Kier molecular flexibility index (Phi) is 12.1. The summed E-state index contributed by atoms with van der Waals surface area (Å²) in [5, 5.41) is 3.22. The molecule has 3 amide bonds. The minimum atomic E-state index is -3.24. The van der Waals surface area contributed by atoms with Crippen molar-refractivity contribution < 1.29 is 45.8 Å². The van der Waals surface area contributed by atoms with Gasteiger partial charge in [-0.1, -0.05) is 47.6 Å². The lowest BCUT2D eigenvalue weighted by Crippen LogP contribution is -2.53. The molecular formula is C44H52F5N9O5. The molecule has 5 N–H and O–H groups in total. The van der Waals surface area contributed by atoms with E-state index in [-0.39, 0.29) is 41.3 Å². The van der Waals surface area contributed by atoms with Gasteiger partial charge in [0.2, 0.25) is 11.8 Å². The third-order valence-electron chi connectivity index (χ3n) is 11.5. The Bertz CT molecular complexity index is 2530. The first kappa shape index (κ1) is 45.1. The van der Waals surface area contributed by atoms with Crippen molar-refractivity contribution in [3.8, 4) is 39.5 Å². The Hall–Kier alpha value is -5.98. The number of alkyl halides is 4. The van der Waals surface area contributed by atoms with Gasteiger partial charge in [0.15, 0.2) is 6.23 Å². The molecule has 2 aliphatic rings. The molecule has 7 rings (SSSR count). The minimum absolute atomic E-state index is 0.0568. The van der Waals surface area contributed by atoms with Gasteiger partial charge in [-0.15, -0.1) is 0 Å². The molecule has 3 aromatic heterocycles. The van der Waals surface area contributed by atoms with Crippen molar-refractivity contribution in [2.45, 2.75) is 97.6 Å². The number of hydrogen-bond acceptors (Lipinski definition) is 8. The lowest BCUT2D eigenvalue weighted by molar-refractivity contribution is -0.140. The number of carbonyl (C=O) groups is 3. The molecule has 0 bridgehead atoms. The maximum Gasteiger partial charge on any atom is 0.407 e. The van der Waals surface area contributed by atoms with Crippen LogP contribution >= 0.6 is 0 Å². The molecule has 0 radical (unpaired) electrons. The van der Waals surface area contributed by atoms with Crippen LogP contribution in [0.4, 0.5) is 26.7 Å². The van der Waals surface area contributed by atoms with Gasteiger partial charge in [0, 0.05) is 41.3 Å². The van der Waals surface area contributed by atoms with Gasteiger partial charge in [0.25, 0.3) is 11.8 Å². The molecule has 5 aromatic rings. The molecule has 5 heterocycles. The highest BCUT2D eigenvalue weighted by Gasteiger charge is 2.50. The van der Waals surface area contributed by atoms with Crippen molar-refractivity contribution in [3.63, 3.8) is 0 Å². The van der Waals surface area contributed by atoms with Gasteiger partial charge in [-0.05, 0) is 42.2 Å². The van der Waals surface area contributed by atoms with E-state index >= 15 is 4.39 Å². The monoisotopic (exact) mass is 881 g/mol. The highest BCUT2D eigenvalue weighted by atomic mass is 19.3. The molecule has 4 unspecified atom stereocenters. The third kappa shape index (κ3) is 9.10. The molecule has 63 heavy (non-hydrogen) atoms. The van der Waals surface area contributed by atoms with E-state index in [0.29, 0.717) is 35.2 Å². The van der Waals surface area contributed by atoms with Crippen LogP contribution in [0.3, 0.4) is 0 Å². The zero-order valence-electron chi connectivity index (χ0n) is 36.2. The maximum atomic E-state index is 16.2. The molecule has 338 valence electrons. The van der Waals surface area contributed by atoms with Gasteiger partial charge in [-0.25, -0.2) is 36.7 Å². The van der Waals surface area contributed by atoms with Crippen LogP contribution in [0.2, 0.25) is 0 Å². The molecule has 0 saturated carbocycles. The number of halogens is 5. The first-order valence-electron chi connectivity index (χ1n) is 20.8. The number of aromatic nitrogens is 5. The van der Waals surface area contributed by atoms with E-state index in [1.807, 2.05) is 42.7 Å². The topological polar surface area (TPSA) is 176 Å². The number of aromatic amines is 2. The summed E-state index contributed by atoms with van der Waals surface area (Å²) in [5.74, 6) is -8.42. The van der Waals surface area contributed by atoms with Crippen molar-refractivity contribution in [2.75, 3.05) is 20.2 Å². The number of ether oxygens (including phenoxy) is 2. The van der Waals surface area contributed by atoms with Crippen molar-refractivity contribution in [1.82, 2.24) is 39.6 Å². The van der Waals surface area contributed by atoms with Gasteiger partial charge >= 0.3 is 6.09 Å². The van der Waals surface area contributed by atoms with E-state index in [1.54, 1.807) is 33.8 Å². The Morgan fingerprint density at radius 3 is 2.38 bits per heavy atom. The average Bonchev–Trinajstić information content (AvgIpc) is 4.02. The number of nitrogens with one attached hydrogen (secondary N) is 3.